The summed E-state index contributed by atoms with van der Waals surface area (Å²) in [4.78, 5) is 2.20. The van der Waals surface area contributed by atoms with Crippen LogP contribution in [0.2, 0.25) is 0 Å². The molecule has 1 N–H and O–H groups in total. The summed E-state index contributed by atoms with van der Waals surface area (Å²) in [6, 6.07) is 0. The van der Waals surface area contributed by atoms with Crippen LogP contribution in [0, 0.1) is 0 Å². The molecule has 0 saturated carbocycles. The minimum atomic E-state index is -0.0617. The molecule has 0 rings (SSSR count). The molecule has 0 aliphatic heterocycles. The summed E-state index contributed by atoms with van der Waals surface area (Å²) in [6.07, 6.45) is 1.18. The molecule has 0 heterocycles. The third-order valence-corrected chi connectivity index (χ3v) is 2.14. The average Bonchev–Trinajstić information content (AvgIpc) is 2.18. The summed E-state index contributed by atoms with van der Waals surface area (Å²) >= 11 is 0. The number of nitrogens with one attached hydrogen (secondary N) is 1. The molecular weight excluding hydrogens is 216 g/mol. The zero-order valence-electron chi connectivity index (χ0n) is 12.2. The van der Waals surface area contributed by atoms with E-state index in [1.165, 1.54) is 6.42 Å². The lowest BCUT2D eigenvalue weighted by Gasteiger charge is -2.19. The molecule has 4 heteroatoms. The first-order valence-corrected chi connectivity index (χ1v) is 6.49. The maximum absolute atomic E-state index is 5.55. The van der Waals surface area contributed by atoms with Gasteiger partial charge in [0, 0.05) is 6.54 Å². The molecule has 0 unspecified atom stereocenters. The Morgan fingerprint density at radius 3 is 2.29 bits per heavy atom. The van der Waals surface area contributed by atoms with Crippen molar-refractivity contribution in [2.24, 2.45) is 0 Å². The molecule has 0 saturated heterocycles. The highest BCUT2D eigenvalue weighted by molar-refractivity contribution is 4.58. The highest BCUT2D eigenvalue weighted by Gasteiger charge is 2.08. The highest BCUT2D eigenvalue weighted by atomic mass is 16.5. The van der Waals surface area contributed by atoms with Crippen molar-refractivity contribution in [3.8, 4) is 0 Å². The number of nitrogens with zero attached hydrogens (tertiary/aromatic N) is 1. The van der Waals surface area contributed by atoms with Crippen LogP contribution >= 0.6 is 0 Å². The normalized spacial score (nSPS) is 12.4. The molecule has 0 spiro atoms. The van der Waals surface area contributed by atoms with Gasteiger partial charge in [-0.25, -0.2) is 0 Å². The third kappa shape index (κ3) is 15.8. The van der Waals surface area contributed by atoms with Crippen molar-refractivity contribution in [1.82, 2.24) is 10.2 Å². The van der Waals surface area contributed by atoms with Crippen LogP contribution in [0.3, 0.4) is 0 Å². The maximum atomic E-state index is 5.55. The lowest BCUT2D eigenvalue weighted by atomic mass is 10.2. The number of hydrogen-bond acceptors (Lipinski definition) is 4. The molecule has 4 nitrogen and oxygen atoms in total. The fraction of sp³-hybridized carbons (Fsp3) is 1.00. The summed E-state index contributed by atoms with van der Waals surface area (Å²) < 4.78 is 11.0. The van der Waals surface area contributed by atoms with Crippen LogP contribution in [-0.4, -0.2) is 64.1 Å². The van der Waals surface area contributed by atoms with Crippen molar-refractivity contribution in [1.29, 1.82) is 0 Å². The Morgan fingerprint density at radius 2 is 1.71 bits per heavy atom. The largest absolute Gasteiger partial charge is 0.378 e. The van der Waals surface area contributed by atoms with Gasteiger partial charge in [-0.15, -0.1) is 0 Å². The van der Waals surface area contributed by atoms with E-state index in [9.17, 15) is 0 Å². The summed E-state index contributed by atoms with van der Waals surface area (Å²) in [5.74, 6) is 0. The monoisotopic (exact) mass is 246 g/mol. The standard InChI is InChI=1S/C13H30N2O2/c1-13(2,3)17-12-11-16-10-8-14-7-6-9-15(4)5/h14H,6-12H2,1-5H3. The minimum absolute atomic E-state index is 0.0617. The fourth-order valence-corrected chi connectivity index (χ4v) is 1.30. The molecule has 0 amide bonds. The van der Waals surface area contributed by atoms with Crippen LogP contribution in [0.4, 0.5) is 0 Å². The zero-order chi connectivity index (χ0) is 13.1. The Labute approximate surface area is 107 Å². The van der Waals surface area contributed by atoms with E-state index in [1.807, 2.05) is 0 Å². The van der Waals surface area contributed by atoms with Crippen molar-refractivity contribution < 1.29 is 9.47 Å². The first kappa shape index (κ1) is 16.8. The SMILES string of the molecule is CN(C)CCCNCCOCCOC(C)(C)C. The van der Waals surface area contributed by atoms with Gasteiger partial charge in [0.05, 0.1) is 25.4 Å². The molecule has 0 aromatic heterocycles. The van der Waals surface area contributed by atoms with Crippen LogP contribution in [0.1, 0.15) is 27.2 Å². The van der Waals surface area contributed by atoms with Gasteiger partial charge >= 0.3 is 0 Å². The smallest absolute Gasteiger partial charge is 0.0707 e. The third-order valence-electron chi connectivity index (χ3n) is 2.14. The Bertz CT molecular complexity index is 167. The lowest BCUT2D eigenvalue weighted by Crippen LogP contribution is -2.26. The van der Waals surface area contributed by atoms with Crippen molar-refractivity contribution in [2.45, 2.75) is 32.8 Å². The highest BCUT2D eigenvalue weighted by Crippen LogP contribution is 2.05. The van der Waals surface area contributed by atoms with Gasteiger partial charge in [-0.05, 0) is 54.4 Å². The maximum Gasteiger partial charge on any atom is 0.0707 e. The van der Waals surface area contributed by atoms with Crippen LogP contribution in [0.25, 0.3) is 0 Å². The molecule has 104 valence electrons. The second-order valence-electron chi connectivity index (χ2n) is 5.48. The number of ether oxygens (including phenoxy) is 2. The minimum Gasteiger partial charge on any atom is -0.378 e. The number of hydrogen-bond donors (Lipinski definition) is 1. The molecular formula is C13H30N2O2. The molecule has 0 aliphatic rings. The quantitative estimate of drug-likeness (QED) is 0.590. The molecule has 0 aliphatic carbocycles. The summed E-state index contributed by atoms with van der Waals surface area (Å²) in [7, 11) is 4.19. The van der Waals surface area contributed by atoms with Crippen LogP contribution < -0.4 is 5.32 Å². The van der Waals surface area contributed by atoms with Gasteiger partial charge in [-0.1, -0.05) is 0 Å². The van der Waals surface area contributed by atoms with E-state index < -0.39 is 0 Å². The van der Waals surface area contributed by atoms with Gasteiger partial charge in [0.2, 0.25) is 0 Å². The lowest BCUT2D eigenvalue weighted by molar-refractivity contribution is -0.0343. The molecule has 0 atom stereocenters. The van der Waals surface area contributed by atoms with Crippen molar-refractivity contribution in [2.75, 3.05) is 53.6 Å². The molecule has 0 aromatic rings. The van der Waals surface area contributed by atoms with Crippen LogP contribution in [0.15, 0.2) is 0 Å². The van der Waals surface area contributed by atoms with Crippen molar-refractivity contribution in [3.05, 3.63) is 0 Å². The summed E-state index contributed by atoms with van der Waals surface area (Å²) in [5, 5.41) is 3.36. The molecule has 0 fully saturated rings. The second-order valence-corrected chi connectivity index (χ2v) is 5.48. The summed E-state index contributed by atoms with van der Waals surface area (Å²) in [5.41, 5.74) is -0.0617. The zero-order valence-corrected chi connectivity index (χ0v) is 12.2. The first-order chi connectivity index (χ1) is 7.92. The van der Waals surface area contributed by atoms with E-state index in [2.05, 4.69) is 45.1 Å². The van der Waals surface area contributed by atoms with E-state index in [-0.39, 0.29) is 5.60 Å². The predicted octanol–water partition coefficient (Wildman–Crippen LogP) is 1.36. The van der Waals surface area contributed by atoms with Crippen LogP contribution in [-0.2, 0) is 9.47 Å². The van der Waals surface area contributed by atoms with E-state index in [1.54, 1.807) is 0 Å². The van der Waals surface area contributed by atoms with Gasteiger partial charge in [0.15, 0.2) is 0 Å². The average molecular weight is 246 g/mol. The summed E-state index contributed by atoms with van der Waals surface area (Å²) in [6.45, 7) is 11.4. The van der Waals surface area contributed by atoms with Crippen molar-refractivity contribution >= 4 is 0 Å². The Kier molecular flexibility index (Phi) is 9.74. The topological polar surface area (TPSA) is 33.7 Å². The number of rotatable bonds is 10. The van der Waals surface area contributed by atoms with Gasteiger partial charge in [0.1, 0.15) is 0 Å². The van der Waals surface area contributed by atoms with E-state index in [0.717, 1.165) is 26.2 Å². The van der Waals surface area contributed by atoms with Crippen LogP contribution in [0.5, 0.6) is 0 Å². The van der Waals surface area contributed by atoms with E-state index in [0.29, 0.717) is 13.2 Å². The second kappa shape index (κ2) is 9.83. The first-order valence-electron chi connectivity index (χ1n) is 6.49. The Hall–Kier alpha value is -0.160. The molecule has 17 heavy (non-hydrogen) atoms. The molecule has 0 radical (unpaired) electrons. The van der Waals surface area contributed by atoms with E-state index in [4.69, 9.17) is 9.47 Å². The molecule has 0 aromatic carbocycles. The predicted molar refractivity (Wildman–Crippen MR) is 72.6 cm³/mol. The van der Waals surface area contributed by atoms with Gasteiger partial charge in [0.25, 0.3) is 0 Å². The Morgan fingerprint density at radius 1 is 1.00 bits per heavy atom. The van der Waals surface area contributed by atoms with Gasteiger partial charge in [-0.2, -0.15) is 0 Å². The van der Waals surface area contributed by atoms with Crippen molar-refractivity contribution in [3.63, 3.8) is 0 Å². The Balaban J connectivity index is 3.04. The fourth-order valence-electron chi connectivity index (χ4n) is 1.30. The van der Waals surface area contributed by atoms with Gasteiger partial charge in [-0.3, -0.25) is 0 Å². The van der Waals surface area contributed by atoms with Gasteiger partial charge < -0.3 is 19.7 Å². The molecule has 0 bridgehead atoms. The van der Waals surface area contributed by atoms with E-state index >= 15 is 0 Å².